The van der Waals surface area contributed by atoms with E-state index in [0.717, 1.165) is 11.1 Å². The third-order valence-corrected chi connectivity index (χ3v) is 2.73. The van der Waals surface area contributed by atoms with Crippen molar-refractivity contribution >= 4 is 11.8 Å². The molecule has 1 unspecified atom stereocenters. The Hall–Kier alpha value is -1.88. The minimum absolute atomic E-state index is 0.00759. The van der Waals surface area contributed by atoms with Crippen LogP contribution in [0.3, 0.4) is 0 Å². The Balaban J connectivity index is 2.78. The van der Waals surface area contributed by atoms with Crippen molar-refractivity contribution in [2.75, 3.05) is 20.6 Å². The van der Waals surface area contributed by atoms with Crippen LogP contribution >= 0.6 is 0 Å². The van der Waals surface area contributed by atoms with Crippen molar-refractivity contribution in [2.24, 2.45) is 5.73 Å². The van der Waals surface area contributed by atoms with Gasteiger partial charge in [-0.25, -0.2) is 0 Å². The van der Waals surface area contributed by atoms with Gasteiger partial charge in [0.25, 0.3) is 0 Å². The number of nitrogens with one attached hydrogen (secondary N) is 1. The molecule has 0 aliphatic carbocycles. The molecule has 0 radical (unpaired) electrons. The number of amides is 2. The van der Waals surface area contributed by atoms with E-state index in [1.165, 1.54) is 0 Å². The van der Waals surface area contributed by atoms with E-state index in [-0.39, 0.29) is 6.04 Å². The van der Waals surface area contributed by atoms with Crippen molar-refractivity contribution in [3.8, 4) is 0 Å². The second-order valence-corrected chi connectivity index (χ2v) is 4.47. The first-order valence-electron chi connectivity index (χ1n) is 5.72. The molecule has 1 aromatic rings. The number of likely N-dealkylation sites (N-methyl/N-ethyl adjacent to an activating group) is 1. The second kappa shape index (κ2) is 6.16. The van der Waals surface area contributed by atoms with Gasteiger partial charge in [0.1, 0.15) is 0 Å². The third-order valence-electron chi connectivity index (χ3n) is 2.73. The summed E-state index contributed by atoms with van der Waals surface area (Å²) in [7, 11) is 3.84. The molecule has 1 rings (SSSR count). The minimum Gasteiger partial charge on any atom is -0.361 e. The van der Waals surface area contributed by atoms with Gasteiger partial charge in [0.15, 0.2) is 0 Å². The molecule has 5 nitrogen and oxygen atoms in total. The number of nitrogens with zero attached hydrogens (tertiary/aromatic N) is 1. The molecule has 98 valence electrons. The van der Waals surface area contributed by atoms with E-state index in [1.54, 1.807) is 0 Å². The molecule has 18 heavy (non-hydrogen) atoms. The summed E-state index contributed by atoms with van der Waals surface area (Å²) in [5.41, 5.74) is 7.14. The van der Waals surface area contributed by atoms with Gasteiger partial charge < -0.3 is 16.0 Å². The summed E-state index contributed by atoms with van der Waals surface area (Å²) < 4.78 is 0. The van der Waals surface area contributed by atoms with Crippen molar-refractivity contribution in [1.29, 1.82) is 0 Å². The van der Waals surface area contributed by atoms with Crippen LogP contribution in [0.15, 0.2) is 24.3 Å². The molecule has 0 saturated carbocycles. The van der Waals surface area contributed by atoms with E-state index in [4.69, 9.17) is 5.73 Å². The zero-order valence-corrected chi connectivity index (χ0v) is 10.9. The first kappa shape index (κ1) is 14.2. The minimum atomic E-state index is -0.961. The van der Waals surface area contributed by atoms with E-state index in [9.17, 15) is 9.59 Å². The van der Waals surface area contributed by atoms with E-state index < -0.39 is 11.8 Å². The van der Waals surface area contributed by atoms with Gasteiger partial charge in [-0.3, -0.25) is 9.59 Å². The summed E-state index contributed by atoms with van der Waals surface area (Å²) in [5.74, 6) is -1.72. The Kier molecular flexibility index (Phi) is 4.85. The number of primary amides is 1. The number of carbonyl (C=O) groups excluding carboxylic acids is 2. The van der Waals surface area contributed by atoms with Gasteiger partial charge in [-0.1, -0.05) is 29.8 Å². The average molecular weight is 249 g/mol. The normalized spacial score (nSPS) is 12.2. The molecule has 5 heteroatoms. The Labute approximate surface area is 107 Å². The molecule has 0 aromatic heterocycles. The van der Waals surface area contributed by atoms with Crippen LogP contribution in [-0.2, 0) is 9.59 Å². The third kappa shape index (κ3) is 3.85. The predicted molar refractivity (Wildman–Crippen MR) is 69.8 cm³/mol. The summed E-state index contributed by atoms with van der Waals surface area (Å²) in [4.78, 5) is 23.8. The highest BCUT2D eigenvalue weighted by atomic mass is 16.2. The average Bonchev–Trinajstić information content (AvgIpc) is 2.28. The maximum Gasteiger partial charge on any atom is 0.309 e. The predicted octanol–water partition coefficient (Wildman–Crippen LogP) is 0.199. The first-order valence-corrected chi connectivity index (χ1v) is 5.72. The summed E-state index contributed by atoms with van der Waals surface area (Å²) >= 11 is 0. The Morgan fingerprint density at radius 1 is 1.39 bits per heavy atom. The lowest BCUT2D eigenvalue weighted by molar-refractivity contribution is -0.137. The molecule has 0 saturated heterocycles. The molecule has 0 fully saturated rings. The fourth-order valence-corrected chi connectivity index (χ4v) is 1.75. The molecular weight excluding hydrogens is 230 g/mol. The maximum absolute atomic E-state index is 11.2. The molecule has 1 aromatic carbocycles. The van der Waals surface area contributed by atoms with Gasteiger partial charge in [-0.2, -0.15) is 0 Å². The van der Waals surface area contributed by atoms with Crippen molar-refractivity contribution in [1.82, 2.24) is 10.2 Å². The molecule has 1 atom stereocenters. The smallest absolute Gasteiger partial charge is 0.309 e. The largest absolute Gasteiger partial charge is 0.361 e. The highest BCUT2D eigenvalue weighted by Gasteiger charge is 2.16. The van der Waals surface area contributed by atoms with Gasteiger partial charge in [0.05, 0.1) is 6.04 Å². The molecular formula is C13H19N3O2. The van der Waals surface area contributed by atoms with E-state index in [2.05, 4.69) is 11.4 Å². The van der Waals surface area contributed by atoms with Gasteiger partial charge in [0, 0.05) is 6.54 Å². The first-order chi connectivity index (χ1) is 8.41. The fraction of sp³-hybridized carbons (Fsp3) is 0.385. The molecule has 0 aliphatic rings. The summed E-state index contributed by atoms with van der Waals surface area (Å²) in [6.45, 7) is 2.36. The van der Waals surface area contributed by atoms with Crippen LogP contribution in [-0.4, -0.2) is 37.4 Å². The lowest BCUT2D eigenvalue weighted by Crippen LogP contribution is -2.40. The number of nitrogens with two attached hydrogens (primary N) is 1. The zero-order chi connectivity index (χ0) is 13.7. The van der Waals surface area contributed by atoms with Crippen molar-refractivity contribution < 1.29 is 9.59 Å². The Morgan fingerprint density at radius 2 is 2.06 bits per heavy atom. The highest BCUT2D eigenvalue weighted by molar-refractivity contribution is 6.34. The van der Waals surface area contributed by atoms with Crippen LogP contribution in [0.2, 0.25) is 0 Å². The summed E-state index contributed by atoms with van der Waals surface area (Å²) in [6.07, 6.45) is 0. The summed E-state index contributed by atoms with van der Waals surface area (Å²) in [6, 6.07) is 8.04. The molecule has 3 N–H and O–H groups in total. The lowest BCUT2D eigenvalue weighted by Gasteiger charge is -2.25. The van der Waals surface area contributed by atoms with Crippen LogP contribution in [0, 0.1) is 6.92 Å². The Morgan fingerprint density at radius 3 is 2.56 bits per heavy atom. The van der Waals surface area contributed by atoms with Gasteiger partial charge in [-0.15, -0.1) is 0 Å². The fourth-order valence-electron chi connectivity index (χ4n) is 1.75. The SMILES string of the molecule is Cc1cccc(C(CNC(=O)C(N)=O)N(C)C)c1. The number of rotatable bonds is 4. The van der Waals surface area contributed by atoms with Crippen LogP contribution in [0.25, 0.3) is 0 Å². The van der Waals surface area contributed by atoms with Crippen LogP contribution in [0.1, 0.15) is 17.2 Å². The van der Waals surface area contributed by atoms with Gasteiger partial charge >= 0.3 is 11.8 Å². The number of benzene rings is 1. The number of aryl methyl sites for hydroxylation is 1. The second-order valence-electron chi connectivity index (χ2n) is 4.47. The number of hydrogen-bond acceptors (Lipinski definition) is 3. The molecule has 0 heterocycles. The Bertz CT molecular complexity index is 444. The van der Waals surface area contributed by atoms with Crippen molar-refractivity contribution in [3.05, 3.63) is 35.4 Å². The zero-order valence-electron chi connectivity index (χ0n) is 10.9. The standard InChI is InChI=1S/C13H19N3O2/c1-9-5-4-6-10(7-9)11(16(2)3)8-15-13(18)12(14)17/h4-7,11H,8H2,1-3H3,(H2,14,17)(H,15,18). The number of carbonyl (C=O) groups is 2. The number of hydrogen-bond donors (Lipinski definition) is 2. The quantitative estimate of drug-likeness (QED) is 0.748. The maximum atomic E-state index is 11.2. The van der Waals surface area contributed by atoms with Gasteiger partial charge in [0.2, 0.25) is 0 Å². The molecule has 2 amide bonds. The van der Waals surface area contributed by atoms with Gasteiger partial charge in [-0.05, 0) is 26.6 Å². The monoisotopic (exact) mass is 249 g/mol. The summed E-state index contributed by atoms with van der Waals surface area (Å²) in [5, 5.41) is 2.53. The van der Waals surface area contributed by atoms with E-state index >= 15 is 0 Å². The lowest BCUT2D eigenvalue weighted by atomic mass is 10.0. The topological polar surface area (TPSA) is 75.4 Å². The van der Waals surface area contributed by atoms with Crippen LogP contribution in [0.4, 0.5) is 0 Å². The van der Waals surface area contributed by atoms with Crippen molar-refractivity contribution in [2.45, 2.75) is 13.0 Å². The molecule has 0 spiro atoms. The van der Waals surface area contributed by atoms with E-state index in [0.29, 0.717) is 6.54 Å². The molecule has 0 bridgehead atoms. The van der Waals surface area contributed by atoms with Crippen LogP contribution < -0.4 is 11.1 Å². The van der Waals surface area contributed by atoms with E-state index in [1.807, 2.05) is 44.1 Å². The van der Waals surface area contributed by atoms with Crippen molar-refractivity contribution in [3.63, 3.8) is 0 Å². The molecule has 0 aliphatic heterocycles. The highest BCUT2D eigenvalue weighted by Crippen LogP contribution is 2.18. The van der Waals surface area contributed by atoms with Crippen LogP contribution in [0.5, 0.6) is 0 Å².